The van der Waals surface area contributed by atoms with Gasteiger partial charge in [-0.15, -0.1) is 0 Å². The monoisotopic (exact) mass is 483 g/mol. The molecule has 31 heavy (non-hydrogen) atoms. The molecule has 8 heteroatoms. The molecule has 0 spiro atoms. The molecule has 0 aliphatic rings. The van der Waals surface area contributed by atoms with Gasteiger partial charge in [-0.05, 0) is 61.4 Å². The number of furan rings is 1. The first-order valence-electron chi connectivity index (χ1n) is 9.55. The third-order valence-corrected chi connectivity index (χ3v) is 4.86. The Balaban J connectivity index is 1.42. The van der Waals surface area contributed by atoms with E-state index >= 15 is 0 Å². The molecule has 0 saturated heterocycles. The number of halogens is 1. The molecule has 0 saturated carbocycles. The van der Waals surface area contributed by atoms with Crippen LogP contribution < -0.4 is 15.5 Å². The maximum Gasteiger partial charge on any atom is 0.259 e. The highest BCUT2D eigenvalue weighted by molar-refractivity contribution is 9.10. The molecule has 1 aromatic heterocycles. The summed E-state index contributed by atoms with van der Waals surface area (Å²) in [6, 6.07) is 16.9. The van der Waals surface area contributed by atoms with Crippen molar-refractivity contribution in [1.82, 2.24) is 10.7 Å². The van der Waals surface area contributed by atoms with Gasteiger partial charge in [0, 0.05) is 10.0 Å². The summed E-state index contributed by atoms with van der Waals surface area (Å²) in [4.78, 5) is 23.7. The second kappa shape index (κ2) is 10.6. The fourth-order valence-corrected chi connectivity index (χ4v) is 3.37. The maximum atomic E-state index is 11.8. The Bertz CT molecular complexity index is 1110. The molecular weight excluding hydrogens is 462 g/mol. The van der Waals surface area contributed by atoms with Crippen molar-refractivity contribution in [2.24, 2.45) is 5.10 Å². The van der Waals surface area contributed by atoms with Crippen molar-refractivity contribution < 1.29 is 18.7 Å². The van der Waals surface area contributed by atoms with Crippen LogP contribution in [-0.2, 0) is 9.59 Å². The van der Waals surface area contributed by atoms with Crippen molar-refractivity contribution in [3.05, 3.63) is 76.0 Å². The molecular formula is C23H22BrN3O4. The number of aryl methyl sites for hydroxylation is 2. The lowest BCUT2D eigenvalue weighted by atomic mass is 10.1. The van der Waals surface area contributed by atoms with E-state index in [4.69, 9.17) is 9.15 Å². The Morgan fingerprint density at radius 1 is 1.06 bits per heavy atom. The van der Waals surface area contributed by atoms with Gasteiger partial charge in [0.1, 0.15) is 17.3 Å². The van der Waals surface area contributed by atoms with Crippen LogP contribution in [0, 0.1) is 13.8 Å². The smallest absolute Gasteiger partial charge is 0.259 e. The Kier molecular flexibility index (Phi) is 7.61. The Morgan fingerprint density at radius 3 is 2.65 bits per heavy atom. The predicted octanol–water partition coefficient (Wildman–Crippen LogP) is 3.97. The molecule has 2 amide bonds. The van der Waals surface area contributed by atoms with E-state index in [0.29, 0.717) is 17.3 Å². The van der Waals surface area contributed by atoms with E-state index in [9.17, 15) is 9.59 Å². The number of hydrazone groups is 1. The van der Waals surface area contributed by atoms with Gasteiger partial charge >= 0.3 is 0 Å². The number of carbonyl (C=O) groups is 2. The molecule has 3 rings (SSSR count). The van der Waals surface area contributed by atoms with Gasteiger partial charge in [-0.3, -0.25) is 9.59 Å². The van der Waals surface area contributed by atoms with Crippen LogP contribution in [0.2, 0.25) is 0 Å². The second-order valence-electron chi connectivity index (χ2n) is 6.86. The zero-order chi connectivity index (χ0) is 22.2. The first kappa shape index (κ1) is 22.3. The van der Waals surface area contributed by atoms with Crippen LogP contribution in [0.3, 0.4) is 0 Å². The van der Waals surface area contributed by atoms with Gasteiger partial charge in [-0.25, -0.2) is 5.43 Å². The fraction of sp³-hybridized carbons (Fsp3) is 0.174. The summed E-state index contributed by atoms with van der Waals surface area (Å²) in [5.41, 5.74) is 5.43. The van der Waals surface area contributed by atoms with Crippen molar-refractivity contribution in [3.63, 3.8) is 0 Å². The first-order valence-corrected chi connectivity index (χ1v) is 10.3. The summed E-state index contributed by atoms with van der Waals surface area (Å²) in [5, 5.41) is 6.33. The standard InChI is InChI=1S/C23H22BrN3O4/c1-15-4-3-5-17(10-15)30-14-23(29)25-13-22(28)27-26-12-18-7-9-21(31-18)19-8-6-16(2)11-20(19)24/h3-12H,13-14H2,1-2H3,(H,25,29)(H,27,28)/b26-12-. The molecule has 0 fully saturated rings. The van der Waals surface area contributed by atoms with E-state index in [1.54, 1.807) is 12.1 Å². The molecule has 1 heterocycles. The van der Waals surface area contributed by atoms with Gasteiger partial charge < -0.3 is 14.5 Å². The molecule has 0 unspecified atom stereocenters. The zero-order valence-electron chi connectivity index (χ0n) is 17.1. The number of carbonyl (C=O) groups excluding carboxylic acids is 2. The molecule has 2 aromatic carbocycles. The lowest BCUT2D eigenvalue weighted by Gasteiger charge is -2.07. The second-order valence-corrected chi connectivity index (χ2v) is 7.71. The number of nitrogens with zero attached hydrogens (tertiary/aromatic N) is 1. The summed E-state index contributed by atoms with van der Waals surface area (Å²) >= 11 is 3.53. The van der Waals surface area contributed by atoms with Crippen molar-refractivity contribution in [3.8, 4) is 17.1 Å². The number of nitrogens with one attached hydrogen (secondary N) is 2. The van der Waals surface area contributed by atoms with E-state index in [0.717, 1.165) is 21.2 Å². The van der Waals surface area contributed by atoms with Crippen LogP contribution >= 0.6 is 15.9 Å². The SMILES string of the molecule is Cc1cccc(OCC(=O)NCC(=O)N/N=C\c2ccc(-c3ccc(C)cc3Br)o2)c1. The lowest BCUT2D eigenvalue weighted by Crippen LogP contribution is -2.37. The number of amides is 2. The summed E-state index contributed by atoms with van der Waals surface area (Å²) in [6.07, 6.45) is 1.40. The average Bonchev–Trinajstić information content (AvgIpc) is 3.19. The third kappa shape index (κ3) is 6.82. The average molecular weight is 484 g/mol. The molecule has 0 radical (unpaired) electrons. The molecule has 0 aliphatic carbocycles. The minimum Gasteiger partial charge on any atom is -0.484 e. The maximum absolute atomic E-state index is 11.8. The number of hydrogen-bond acceptors (Lipinski definition) is 5. The topological polar surface area (TPSA) is 92.9 Å². The van der Waals surface area contributed by atoms with Crippen molar-refractivity contribution >= 4 is 34.0 Å². The minimum absolute atomic E-state index is 0.177. The molecule has 7 nitrogen and oxygen atoms in total. The highest BCUT2D eigenvalue weighted by atomic mass is 79.9. The van der Waals surface area contributed by atoms with E-state index in [1.807, 2.05) is 56.3 Å². The summed E-state index contributed by atoms with van der Waals surface area (Å²) in [6.45, 7) is 3.55. The van der Waals surface area contributed by atoms with Crippen molar-refractivity contribution in [2.75, 3.05) is 13.2 Å². The highest BCUT2D eigenvalue weighted by Gasteiger charge is 2.08. The van der Waals surface area contributed by atoms with E-state index in [2.05, 4.69) is 31.8 Å². The highest BCUT2D eigenvalue weighted by Crippen LogP contribution is 2.30. The van der Waals surface area contributed by atoms with Gasteiger partial charge in [0.25, 0.3) is 11.8 Å². The fourth-order valence-electron chi connectivity index (χ4n) is 2.68. The Morgan fingerprint density at radius 2 is 1.87 bits per heavy atom. The van der Waals surface area contributed by atoms with Crippen LogP contribution in [0.15, 0.2) is 68.6 Å². The minimum atomic E-state index is -0.465. The van der Waals surface area contributed by atoms with Gasteiger partial charge in [0.15, 0.2) is 6.61 Å². The summed E-state index contributed by atoms with van der Waals surface area (Å²) in [7, 11) is 0. The van der Waals surface area contributed by atoms with Crippen LogP contribution in [0.5, 0.6) is 5.75 Å². The van der Waals surface area contributed by atoms with Gasteiger partial charge in [0.2, 0.25) is 0 Å². The zero-order valence-corrected chi connectivity index (χ0v) is 18.7. The Hall–Kier alpha value is -3.39. The Labute approximate surface area is 188 Å². The van der Waals surface area contributed by atoms with E-state index in [1.165, 1.54) is 6.21 Å². The number of benzene rings is 2. The van der Waals surface area contributed by atoms with E-state index in [-0.39, 0.29) is 13.2 Å². The molecule has 2 N–H and O–H groups in total. The number of hydrogen-bond donors (Lipinski definition) is 2. The summed E-state index contributed by atoms with van der Waals surface area (Å²) in [5.74, 6) is 0.895. The van der Waals surface area contributed by atoms with Crippen LogP contribution in [-0.4, -0.2) is 31.2 Å². The number of rotatable bonds is 8. The quantitative estimate of drug-likeness (QED) is 0.374. The van der Waals surface area contributed by atoms with Gasteiger partial charge in [-0.2, -0.15) is 5.10 Å². The van der Waals surface area contributed by atoms with Crippen molar-refractivity contribution in [1.29, 1.82) is 0 Å². The molecule has 0 atom stereocenters. The first-order chi connectivity index (χ1) is 14.9. The van der Waals surface area contributed by atoms with Gasteiger partial charge in [0.05, 0.1) is 12.8 Å². The van der Waals surface area contributed by atoms with Crippen LogP contribution in [0.25, 0.3) is 11.3 Å². The normalized spacial score (nSPS) is 10.8. The van der Waals surface area contributed by atoms with Crippen molar-refractivity contribution in [2.45, 2.75) is 13.8 Å². The molecule has 0 aliphatic heterocycles. The molecule has 3 aromatic rings. The predicted molar refractivity (Wildman–Crippen MR) is 122 cm³/mol. The van der Waals surface area contributed by atoms with Crippen LogP contribution in [0.1, 0.15) is 16.9 Å². The van der Waals surface area contributed by atoms with E-state index < -0.39 is 11.8 Å². The molecule has 160 valence electrons. The molecule has 0 bridgehead atoms. The largest absolute Gasteiger partial charge is 0.484 e. The third-order valence-electron chi connectivity index (χ3n) is 4.20. The van der Waals surface area contributed by atoms with Gasteiger partial charge in [-0.1, -0.05) is 34.1 Å². The van der Waals surface area contributed by atoms with Crippen LogP contribution in [0.4, 0.5) is 0 Å². The lowest BCUT2D eigenvalue weighted by molar-refractivity contribution is -0.127. The summed E-state index contributed by atoms with van der Waals surface area (Å²) < 4.78 is 12.1. The number of ether oxygens (including phenoxy) is 1.